The number of hydrogen-bond acceptors (Lipinski definition) is 4. The maximum atomic E-state index is 4.95. The quantitative estimate of drug-likeness (QED) is 0.750. The van der Waals surface area contributed by atoms with Gasteiger partial charge in [-0.25, -0.2) is 4.99 Å². The fourth-order valence-electron chi connectivity index (χ4n) is 3.96. The first-order valence-electron chi connectivity index (χ1n) is 9.84. The molecule has 0 radical (unpaired) electrons. The Morgan fingerprint density at radius 3 is 2.64 bits per heavy atom. The predicted molar refractivity (Wildman–Crippen MR) is 116 cm³/mol. The van der Waals surface area contributed by atoms with Gasteiger partial charge in [-0.15, -0.1) is 0 Å². The van der Waals surface area contributed by atoms with E-state index in [1.165, 1.54) is 20.7 Å². The van der Waals surface area contributed by atoms with E-state index in [4.69, 9.17) is 4.99 Å². The molecule has 2 aliphatic rings. The van der Waals surface area contributed by atoms with Crippen molar-refractivity contribution in [3.8, 4) is 0 Å². The predicted octanol–water partition coefficient (Wildman–Crippen LogP) is 3.33. The molecule has 2 heterocycles. The molecule has 1 saturated heterocycles. The van der Waals surface area contributed by atoms with Crippen molar-refractivity contribution < 1.29 is 0 Å². The normalized spacial score (nSPS) is 18.6. The lowest BCUT2D eigenvalue weighted by molar-refractivity contribution is 0.281. The van der Waals surface area contributed by atoms with Gasteiger partial charge in [0.25, 0.3) is 0 Å². The van der Waals surface area contributed by atoms with Gasteiger partial charge in [-0.1, -0.05) is 72.4 Å². The lowest BCUT2D eigenvalue weighted by atomic mass is 10.0. The van der Waals surface area contributed by atoms with Crippen LogP contribution >= 0.6 is 11.8 Å². The molecule has 0 unspecified atom stereocenters. The van der Waals surface area contributed by atoms with E-state index < -0.39 is 0 Å². The van der Waals surface area contributed by atoms with Crippen LogP contribution < -0.4 is 15.9 Å². The minimum absolute atomic E-state index is 0.451. The van der Waals surface area contributed by atoms with Gasteiger partial charge in [0.1, 0.15) is 0 Å². The van der Waals surface area contributed by atoms with E-state index in [9.17, 15) is 0 Å². The number of nitrogens with one attached hydrogen (secondary N) is 1. The highest BCUT2D eigenvalue weighted by Gasteiger charge is 2.24. The Morgan fingerprint density at radius 2 is 1.71 bits per heavy atom. The van der Waals surface area contributed by atoms with E-state index in [2.05, 4.69) is 89.1 Å². The molecular formula is C24H23N3S. The zero-order chi connectivity index (χ0) is 18.8. The highest BCUT2D eigenvalue weighted by atomic mass is 32.2. The third-order valence-corrected chi connectivity index (χ3v) is 6.55. The van der Waals surface area contributed by atoms with Gasteiger partial charge in [-0.3, -0.25) is 0 Å². The van der Waals surface area contributed by atoms with Crippen LogP contribution in [0, 0.1) is 0 Å². The molecule has 1 fully saturated rings. The standard InChI is InChI=1S/C24H23N3S/c1-2-8-18(9-3-1)16-19-17-27(15-14-25-19)24-20-10-4-5-11-21(20)26-22-12-6-7-13-23(22)28-24/h1-13,19,25H,14-17H2/t19-/m1/s1. The molecule has 0 aliphatic carbocycles. The summed E-state index contributed by atoms with van der Waals surface area (Å²) in [4.78, 5) is 8.73. The van der Waals surface area contributed by atoms with Crippen LogP contribution in [0.1, 0.15) is 5.56 Å². The molecule has 0 aromatic heterocycles. The number of para-hydroxylation sites is 2. The molecule has 28 heavy (non-hydrogen) atoms. The van der Waals surface area contributed by atoms with Crippen LogP contribution in [0.15, 0.2) is 88.8 Å². The first-order chi connectivity index (χ1) is 13.9. The molecule has 1 N–H and O–H groups in total. The number of nitrogens with zero attached hydrogens (tertiary/aromatic N) is 2. The van der Waals surface area contributed by atoms with Gasteiger partial charge in [0.2, 0.25) is 0 Å². The van der Waals surface area contributed by atoms with Crippen LogP contribution in [0.4, 0.5) is 5.69 Å². The fourth-order valence-corrected chi connectivity index (χ4v) is 5.11. The molecule has 0 spiro atoms. The molecule has 1 atom stereocenters. The molecule has 2 aliphatic heterocycles. The van der Waals surface area contributed by atoms with Gasteiger partial charge >= 0.3 is 0 Å². The average molecular weight is 386 g/mol. The SMILES string of the molecule is c1ccc(C[C@@H]2CN(C3=c4ccccc4=Nc4ccccc4S3)CCN2)cc1. The Bertz CT molecular complexity index is 1090. The fraction of sp³-hybridized carbons (Fsp3) is 0.208. The maximum Gasteiger partial charge on any atom is 0.0853 e. The average Bonchev–Trinajstić information content (AvgIpc) is 2.91. The number of benzene rings is 3. The van der Waals surface area contributed by atoms with Crippen molar-refractivity contribution in [2.45, 2.75) is 17.4 Å². The first-order valence-corrected chi connectivity index (χ1v) is 10.7. The Kier molecular flexibility index (Phi) is 4.90. The van der Waals surface area contributed by atoms with Crippen LogP contribution in [0.2, 0.25) is 0 Å². The van der Waals surface area contributed by atoms with E-state index in [1.54, 1.807) is 0 Å². The number of fused-ring (bicyclic) bond motifs is 2. The number of hydrogen-bond donors (Lipinski definition) is 1. The smallest absolute Gasteiger partial charge is 0.0853 e. The highest BCUT2D eigenvalue weighted by molar-refractivity contribution is 8.08. The van der Waals surface area contributed by atoms with E-state index in [0.717, 1.165) is 37.1 Å². The van der Waals surface area contributed by atoms with Gasteiger partial charge in [0.15, 0.2) is 0 Å². The lowest BCUT2D eigenvalue weighted by Gasteiger charge is -2.36. The molecule has 4 heteroatoms. The summed E-state index contributed by atoms with van der Waals surface area (Å²) < 4.78 is 0. The molecule has 3 aromatic rings. The molecule has 0 saturated carbocycles. The Hall–Kier alpha value is -2.56. The Balaban J connectivity index is 1.50. The minimum Gasteiger partial charge on any atom is -0.363 e. The van der Waals surface area contributed by atoms with Crippen LogP contribution in [0.3, 0.4) is 0 Å². The molecular weight excluding hydrogens is 362 g/mol. The van der Waals surface area contributed by atoms with Crippen molar-refractivity contribution in [2.24, 2.45) is 4.99 Å². The summed E-state index contributed by atoms with van der Waals surface area (Å²) in [6, 6.07) is 28.2. The topological polar surface area (TPSA) is 27.6 Å². The van der Waals surface area contributed by atoms with E-state index in [0.29, 0.717) is 6.04 Å². The summed E-state index contributed by atoms with van der Waals surface area (Å²) in [7, 11) is 0. The van der Waals surface area contributed by atoms with Crippen LogP contribution in [0.25, 0.3) is 5.03 Å². The van der Waals surface area contributed by atoms with Gasteiger partial charge in [-0.05, 0) is 30.2 Å². The number of piperazine rings is 1. The van der Waals surface area contributed by atoms with E-state index in [1.807, 2.05) is 11.8 Å². The second-order valence-corrected chi connectivity index (χ2v) is 8.32. The lowest BCUT2D eigenvalue weighted by Crippen LogP contribution is -2.51. The van der Waals surface area contributed by atoms with Crippen molar-refractivity contribution in [1.29, 1.82) is 0 Å². The summed E-state index contributed by atoms with van der Waals surface area (Å²) in [6.45, 7) is 3.03. The summed E-state index contributed by atoms with van der Waals surface area (Å²) in [5, 5.41) is 7.33. The van der Waals surface area contributed by atoms with Crippen molar-refractivity contribution in [2.75, 3.05) is 19.6 Å². The maximum absolute atomic E-state index is 4.95. The Labute approximate surface area is 169 Å². The summed E-state index contributed by atoms with van der Waals surface area (Å²) >= 11 is 1.86. The third-order valence-electron chi connectivity index (χ3n) is 5.31. The van der Waals surface area contributed by atoms with Crippen molar-refractivity contribution >= 4 is 22.5 Å². The van der Waals surface area contributed by atoms with E-state index >= 15 is 0 Å². The molecule has 3 nitrogen and oxygen atoms in total. The minimum atomic E-state index is 0.451. The van der Waals surface area contributed by atoms with Crippen LogP contribution in [-0.2, 0) is 6.42 Å². The largest absolute Gasteiger partial charge is 0.363 e. The summed E-state index contributed by atoms with van der Waals surface area (Å²) in [6.07, 6.45) is 1.05. The van der Waals surface area contributed by atoms with Crippen molar-refractivity contribution in [3.05, 3.63) is 95.0 Å². The second-order valence-electron chi connectivity index (χ2n) is 7.29. The van der Waals surface area contributed by atoms with Crippen LogP contribution in [-0.4, -0.2) is 30.6 Å². The zero-order valence-electron chi connectivity index (χ0n) is 15.7. The Morgan fingerprint density at radius 1 is 0.929 bits per heavy atom. The molecule has 0 amide bonds. The summed E-state index contributed by atoms with van der Waals surface area (Å²) in [5.41, 5.74) is 2.45. The van der Waals surface area contributed by atoms with Gasteiger partial charge in [0.05, 0.1) is 16.1 Å². The molecule has 5 rings (SSSR count). The van der Waals surface area contributed by atoms with E-state index in [-0.39, 0.29) is 0 Å². The summed E-state index contributed by atoms with van der Waals surface area (Å²) in [5.74, 6) is 0. The second kappa shape index (κ2) is 7.82. The molecule has 3 aromatic carbocycles. The van der Waals surface area contributed by atoms with Gasteiger partial charge < -0.3 is 10.2 Å². The van der Waals surface area contributed by atoms with Crippen molar-refractivity contribution in [3.63, 3.8) is 0 Å². The van der Waals surface area contributed by atoms with Crippen LogP contribution in [0.5, 0.6) is 0 Å². The first kappa shape index (κ1) is 17.5. The zero-order valence-corrected chi connectivity index (χ0v) is 16.5. The van der Waals surface area contributed by atoms with Gasteiger partial charge in [-0.2, -0.15) is 0 Å². The third kappa shape index (κ3) is 3.58. The number of rotatable bonds is 3. The van der Waals surface area contributed by atoms with Crippen molar-refractivity contribution in [1.82, 2.24) is 10.2 Å². The highest BCUT2D eigenvalue weighted by Crippen LogP contribution is 2.37. The molecule has 140 valence electrons. The number of thioether (sulfide) groups is 1. The monoisotopic (exact) mass is 385 g/mol. The van der Waals surface area contributed by atoms with Gasteiger partial charge in [0, 0.05) is 35.8 Å². The molecule has 0 bridgehead atoms.